The highest BCUT2D eigenvalue weighted by Crippen LogP contribution is 2.22. The van der Waals surface area contributed by atoms with Crippen LogP contribution in [0.25, 0.3) is 0 Å². The molecule has 6 heteroatoms. The first-order valence-corrected chi connectivity index (χ1v) is 6.99. The molecule has 1 unspecified atom stereocenters. The summed E-state index contributed by atoms with van der Waals surface area (Å²) in [6, 6.07) is 0. The molecule has 17 heavy (non-hydrogen) atoms. The molecule has 0 amide bonds. The van der Waals surface area contributed by atoms with Crippen molar-refractivity contribution in [3.05, 3.63) is 24.0 Å². The summed E-state index contributed by atoms with van der Waals surface area (Å²) < 4.78 is 27.7. The Labute approximate surface area is 102 Å². The summed E-state index contributed by atoms with van der Waals surface area (Å²) in [6.45, 7) is 4.99. The lowest BCUT2D eigenvalue weighted by Gasteiger charge is -2.28. The van der Waals surface area contributed by atoms with E-state index in [9.17, 15) is 8.42 Å². The third-order valence-electron chi connectivity index (χ3n) is 2.81. The van der Waals surface area contributed by atoms with Gasteiger partial charge >= 0.3 is 0 Å². The van der Waals surface area contributed by atoms with E-state index in [0.29, 0.717) is 13.1 Å². The van der Waals surface area contributed by atoms with Gasteiger partial charge in [-0.05, 0) is 12.8 Å². The average molecular weight is 255 g/mol. The van der Waals surface area contributed by atoms with Crippen molar-refractivity contribution >= 4 is 10.0 Å². The molecule has 1 aromatic heterocycles. The number of rotatable bonds is 2. The molecule has 94 valence electrons. The number of aryl methyl sites for hydroxylation is 1. The van der Waals surface area contributed by atoms with Crippen LogP contribution in [0.3, 0.4) is 0 Å². The van der Waals surface area contributed by atoms with Crippen LogP contribution in [0.2, 0.25) is 0 Å². The smallest absolute Gasteiger partial charge is 0.246 e. The van der Waals surface area contributed by atoms with Crippen molar-refractivity contribution in [2.24, 2.45) is 13.0 Å². The molecule has 1 aliphatic heterocycles. The molecule has 0 saturated heterocycles. The Morgan fingerprint density at radius 3 is 2.71 bits per heavy atom. The first-order chi connectivity index (χ1) is 7.89. The molecule has 0 fully saturated rings. The molecule has 0 aromatic carbocycles. The highest BCUT2D eigenvalue weighted by Gasteiger charge is 2.29. The fraction of sp³-hybridized carbons (Fsp3) is 0.545. The number of aromatic nitrogens is 2. The third-order valence-corrected chi connectivity index (χ3v) is 4.57. The Hall–Kier alpha value is -1.14. The van der Waals surface area contributed by atoms with Crippen LogP contribution in [0.5, 0.6) is 0 Å². The van der Waals surface area contributed by atoms with E-state index in [-0.39, 0.29) is 10.8 Å². The van der Waals surface area contributed by atoms with Crippen molar-refractivity contribution in [2.75, 3.05) is 13.1 Å². The monoisotopic (exact) mass is 255 g/mol. The molecule has 0 bridgehead atoms. The van der Waals surface area contributed by atoms with Crippen LogP contribution in [-0.2, 0) is 17.1 Å². The average Bonchev–Trinajstić information content (AvgIpc) is 2.64. The highest BCUT2D eigenvalue weighted by molar-refractivity contribution is 7.89. The fourth-order valence-electron chi connectivity index (χ4n) is 2.12. The third kappa shape index (κ3) is 2.42. The van der Waals surface area contributed by atoms with Gasteiger partial charge in [0.1, 0.15) is 4.90 Å². The van der Waals surface area contributed by atoms with Gasteiger partial charge in [-0.2, -0.15) is 9.40 Å². The first-order valence-electron chi connectivity index (χ1n) is 5.55. The van der Waals surface area contributed by atoms with E-state index in [1.807, 2.05) is 13.8 Å². The maximum absolute atomic E-state index is 12.3. The lowest BCUT2D eigenvalue weighted by Crippen LogP contribution is -2.38. The first kappa shape index (κ1) is 12.3. The summed E-state index contributed by atoms with van der Waals surface area (Å²) in [7, 11) is -1.69. The zero-order valence-electron chi connectivity index (χ0n) is 10.3. The summed E-state index contributed by atoms with van der Waals surface area (Å²) in [5.41, 5.74) is 1.09. The van der Waals surface area contributed by atoms with E-state index in [4.69, 9.17) is 0 Å². The van der Waals surface area contributed by atoms with Crippen LogP contribution in [-0.4, -0.2) is 35.6 Å². The second-order valence-electron chi connectivity index (χ2n) is 4.64. The topological polar surface area (TPSA) is 55.2 Å². The maximum Gasteiger partial charge on any atom is 0.246 e. The van der Waals surface area contributed by atoms with Gasteiger partial charge in [0.05, 0.1) is 6.20 Å². The van der Waals surface area contributed by atoms with Crippen LogP contribution in [0.4, 0.5) is 0 Å². The van der Waals surface area contributed by atoms with E-state index in [2.05, 4.69) is 11.2 Å². The van der Waals surface area contributed by atoms with Gasteiger partial charge in [-0.15, -0.1) is 0 Å². The molecule has 2 rings (SSSR count). The Bertz CT molecular complexity index is 545. The van der Waals surface area contributed by atoms with Crippen LogP contribution in [0, 0.1) is 5.92 Å². The van der Waals surface area contributed by atoms with Gasteiger partial charge in [-0.3, -0.25) is 4.68 Å². The molecule has 1 aliphatic rings. The Morgan fingerprint density at radius 1 is 1.47 bits per heavy atom. The quantitative estimate of drug-likeness (QED) is 0.741. The Morgan fingerprint density at radius 2 is 2.18 bits per heavy atom. The maximum atomic E-state index is 12.3. The van der Waals surface area contributed by atoms with Crippen LogP contribution in [0.15, 0.2) is 28.9 Å². The number of hydrogen-bond donors (Lipinski definition) is 0. The van der Waals surface area contributed by atoms with Crippen molar-refractivity contribution in [2.45, 2.75) is 18.7 Å². The summed E-state index contributed by atoms with van der Waals surface area (Å²) in [6.07, 6.45) is 5.05. The second-order valence-corrected chi connectivity index (χ2v) is 6.58. The van der Waals surface area contributed by atoms with Crippen molar-refractivity contribution in [1.29, 1.82) is 0 Å². The predicted molar refractivity (Wildman–Crippen MR) is 64.9 cm³/mol. The second kappa shape index (κ2) is 4.27. The normalized spacial score (nSPS) is 22.5. The standard InChI is InChI=1S/C11H17N3O2S/c1-9-4-10(2)7-14(6-9)17(15,16)11-5-12-13(3)8-11/h4-5,8-9H,6-7H2,1-3H3. The van der Waals surface area contributed by atoms with Gasteiger partial charge in [-0.1, -0.05) is 18.6 Å². The number of hydrogen-bond acceptors (Lipinski definition) is 3. The Kier molecular flexibility index (Phi) is 3.09. The van der Waals surface area contributed by atoms with Gasteiger partial charge in [0, 0.05) is 26.3 Å². The predicted octanol–water partition coefficient (Wildman–Crippen LogP) is 1.01. The van der Waals surface area contributed by atoms with Gasteiger partial charge < -0.3 is 0 Å². The summed E-state index contributed by atoms with van der Waals surface area (Å²) in [4.78, 5) is 0.266. The lowest BCUT2D eigenvalue weighted by molar-refractivity contribution is 0.384. The van der Waals surface area contributed by atoms with Crippen molar-refractivity contribution in [3.63, 3.8) is 0 Å². The Balaban J connectivity index is 2.31. The molecule has 1 aromatic rings. The van der Waals surface area contributed by atoms with Gasteiger partial charge in [0.2, 0.25) is 10.0 Å². The van der Waals surface area contributed by atoms with Crippen molar-refractivity contribution < 1.29 is 8.42 Å². The minimum atomic E-state index is -3.40. The molecule has 2 heterocycles. The van der Waals surface area contributed by atoms with E-state index in [0.717, 1.165) is 5.57 Å². The highest BCUT2D eigenvalue weighted by atomic mass is 32.2. The molecule has 0 N–H and O–H groups in total. The van der Waals surface area contributed by atoms with Crippen LogP contribution in [0.1, 0.15) is 13.8 Å². The molecule has 0 saturated carbocycles. The summed E-state index contributed by atoms with van der Waals surface area (Å²) in [5, 5.41) is 3.91. The SMILES string of the molecule is CC1=CC(C)CN(S(=O)(=O)c2cnn(C)c2)C1. The molecule has 0 spiro atoms. The van der Waals surface area contributed by atoms with Crippen molar-refractivity contribution in [3.8, 4) is 0 Å². The molecular formula is C11H17N3O2S. The van der Waals surface area contributed by atoms with Crippen LogP contribution >= 0.6 is 0 Å². The zero-order chi connectivity index (χ0) is 12.6. The van der Waals surface area contributed by atoms with Gasteiger partial charge in [-0.25, -0.2) is 8.42 Å². The molecule has 5 nitrogen and oxygen atoms in total. The number of sulfonamides is 1. The molecular weight excluding hydrogens is 238 g/mol. The summed E-state index contributed by atoms with van der Waals surface area (Å²) in [5.74, 6) is 0.259. The zero-order valence-corrected chi connectivity index (χ0v) is 11.1. The molecule has 0 aliphatic carbocycles. The lowest BCUT2D eigenvalue weighted by atomic mass is 10.1. The fourth-order valence-corrected chi connectivity index (χ4v) is 3.69. The molecule has 0 radical (unpaired) electrons. The summed E-state index contributed by atoms with van der Waals surface area (Å²) >= 11 is 0. The van der Waals surface area contributed by atoms with Gasteiger partial charge in [0.15, 0.2) is 0 Å². The van der Waals surface area contributed by atoms with Crippen molar-refractivity contribution in [1.82, 2.24) is 14.1 Å². The van der Waals surface area contributed by atoms with Gasteiger partial charge in [0.25, 0.3) is 0 Å². The minimum absolute atomic E-state index is 0.259. The van der Waals surface area contributed by atoms with E-state index < -0.39 is 10.0 Å². The van der Waals surface area contributed by atoms with E-state index in [1.165, 1.54) is 21.4 Å². The largest absolute Gasteiger partial charge is 0.274 e. The molecule has 1 atom stereocenters. The van der Waals surface area contributed by atoms with E-state index in [1.54, 1.807) is 7.05 Å². The van der Waals surface area contributed by atoms with Crippen LogP contribution < -0.4 is 0 Å². The van der Waals surface area contributed by atoms with E-state index >= 15 is 0 Å². The number of nitrogens with zero attached hydrogens (tertiary/aromatic N) is 3. The minimum Gasteiger partial charge on any atom is -0.274 e.